The number of hydrogen-bond acceptors (Lipinski definition) is 6. The second-order valence-corrected chi connectivity index (χ2v) is 8.55. The second-order valence-electron chi connectivity index (χ2n) is 8.55. The highest BCUT2D eigenvalue weighted by atomic mass is 16.6. The molecule has 27 heavy (non-hydrogen) atoms. The molecule has 0 aromatic carbocycles. The van der Waals surface area contributed by atoms with Crippen LogP contribution in [0.2, 0.25) is 0 Å². The first-order valence-corrected chi connectivity index (χ1v) is 9.54. The van der Waals surface area contributed by atoms with Crippen molar-refractivity contribution in [2.24, 2.45) is 11.8 Å². The normalized spacial score (nSPS) is 26.0. The Morgan fingerprint density at radius 3 is 2.81 bits per heavy atom. The molecule has 0 saturated carbocycles. The summed E-state index contributed by atoms with van der Waals surface area (Å²) in [4.78, 5) is 35.1. The minimum Gasteiger partial charge on any atom is -0.444 e. The lowest BCUT2D eigenvalue weighted by atomic mass is 9.75. The van der Waals surface area contributed by atoms with Crippen LogP contribution in [0.5, 0.6) is 0 Å². The van der Waals surface area contributed by atoms with Gasteiger partial charge in [0.15, 0.2) is 5.82 Å². The van der Waals surface area contributed by atoms with Crippen molar-refractivity contribution in [2.45, 2.75) is 58.5 Å². The molecule has 8 nitrogen and oxygen atoms in total. The number of amides is 2. The van der Waals surface area contributed by atoms with Gasteiger partial charge in [0.1, 0.15) is 17.6 Å². The first kappa shape index (κ1) is 19.4. The number of nitrogens with zero attached hydrogens (tertiary/aromatic N) is 3. The maximum atomic E-state index is 12.5. The van der Waals surface area contributed by atoms with Crippen molar-refractivity contribution in [1.29, 1.82) is 0 Å². The van der Waals surface area contributed by atoms with Crippen molar-refractivity contribution in [2.75, 3.05) is 24.1 Å². The zero-order valence-electron chi connectivity index (χ0n) is 16.5. The quantitative estimate of drug-likeness (QED) is 0.781. The maximum Gasteiger partial charge on any atom is 0.410 e. The van der Waals surface area contributed by atoms with Crippen LogP contribution in [0, 0.1) is 11.8 Å². The van der Waals surface area contributed by atoms with Gasteiger partial charge < -0.3 is 20.7 Å². The summed E-state index contributed by atoms with van der Waals surface area (Å²) in [6, 6.07) is 0. The van der Waals surface area contributed by atoms with Gasteiger partial charge in [-0.25, -0.2) is 14.8 Å². The third-order valence-corrected chi connectivity index (χ3v) is 5.38. The Bertz CT molecular complexity index is 731. The van der Waals surface area contributed by atoms with Gasteiger partial charge in [-0.05, 0) is 45.4 Å². The van der Waals surface area contributed by atoms with Gasteiger partial charge in [0.25, 0.3) is 0 Å². The average molecular weight is 375 g/mol. The van der Waals surface area contributed by atoms with E-state index in [0.717, 1.165) is 18.5 Å². The Balaban J connectivity index is 1.80. The third-order valence-electron chi connectivity index (χ3n) is 5.38. The number of nitrogens with one attached hydrogen (secondary N) is 1. The number of aromatic nitrogens is 2. The molecule has 3 atom stereocenters. The molecule has 3 unspecified atom stereocenters. The van der Waals surface area contributed by atoms with E-state index in [2.05, 4.69) is 22.2 Å². The lowest BCUT2D eigenvalue weighted by Crippen LogP contribution is -2.45. The van der Waals surface area contributed by atoms with Crippen LogP contribution in [-0.2, 0) is 9.53 Å². The molecular formula is C19H29N5O3. The molecule has 2 amide bonds. The highest BCUT2D eigenvalue weighted by Crippen LogP contribution is 2.42. The molecule has 148 valence electrons. The molecular weight excluding hydrogens is 346 g/mol. The SMILES string of the molecule is CC1c2ncnc(N)c2NC(=O)CC1C1CCCN(C(=O)OC(C)(C)C)C1. The van der Waals surface area contributed by atoms with Crippen LogP contribution in [0.25, 0.3) is 0 Å². The number of nitrogens with two attached hydrogens (primary N) is 1. The lowest BCUT2D eigenvalue weighted by Gasteiger charge is -2.38. The maximum absolute atomic E-state index is 12.5. The van der Waals surface area contributed by atoms with E-state index < -0.39 is 5.60 Å². The number of anilines is 2. The van der Waals surface area contributed by atoms with Crippen molar-refractivity contribution in [3.8, 4) is 0 Å². The Kier molecular flexibility index (Phi) is 5.26. The minimum absolute atomic E-state index is 0.0350. The first-order valence-electron chi connectivity index (χ1n) is 9.54. The molecule has 0 radical (unpaired) electrons. The Labute approximate surface area is 159 Å². The van der Waals surface area contributed by atoms with Crippen LogP contribution in [0.1, 0.15) is 58.6 Å². The van der Waals surface area contributed by atoms with Crippen molar-refractivity contribution in [3.63, 3.8) is 0 Å². The van der Waals surface area contributed by atoms with E-state index in [0.29, 0.717) is 31.0 Å². The van der Waals surface area contributed by atoms with E-state index in [1.165, 1.54) is 6.33 Å². The van der Waals surface area contributed by atoms with Gasteiger partial charge in [-0.2, -0.15) is 0 Å². The molecule has 1 saturated heterocycles. The molecule has 8 heteroatoms. The van der Waals surface area contributed by atoms with E-state index in [1.807, 2.05) is 20.8 Å². The van der Waals surface area contributed by atoms with E-state index in [1.54, 1.807) is 4.90 Å². The number of hydrogen-bond donors (Lipinski definition) is 2. The van der Waals surface area contributed by atoms with E-state index >= 15 is 0 Å². The zero-order chi connectivity index (χ0) is 19.8. The summed E-state index contributed by atoms with van der Waals surface area (Å²) >= 11 is 0. The van der Waals surface area contributed by atoms with Crippen molar-refractivity contribution in [3.05, 3.63) is 12.0 Å². The van der Waals surface area contributed by atoms with Gasteiger partial charge >= 0.3 is 6.09 Å². The van der Waals surface area contributed by atoms with Crippen LogP contribution in [-0.4, -0.2) is 45.6 Å². The standard InChI is InChI=1S/C19H29N5O3/c1-11-13(8-14(25)23-16-15(11)21-10-22-17(16)20)12-6-5-7-24(9-12)18(26)27-19(2,3)4/h10-13H,5-9H2,1-4H3,(H,23,25)(H2,20,21,22). The van der Waals surface area contributed by atoms with Crippen LogP contribution in [0.15, 0.2) is 6.33 Å². The number of likely N-dealkylation sites (tertiary alicyclic amines) is 1. The predicted molar refractivity (Wildman–Crippen MR) is 102 cm³/mol. The highest BCUT2D eigenvalue weighted by Gasteiger charge is 2.38. The fourth-order valence-electron chi connectivity index (χ4n) is 4.10. The first-order chi connectivity index (χ1) is 12.7. The molecule has 1 fully saturated rings. The van der Waals surface area contributed by atoms with Gasteiger partial charge in [0, 0.05) is 25.4 Å². The van der Waals surface area contributed by atoms with Gasteiger partial charge in [-0.15, -0.1) is 0 Å². The summed E-state index contributed by atoms with van der Waals surface area (Å²) in [5.41, 5.74) is 6.72. The summed E-state index contributed by atoms with van der Waals surface area (Å²) in [5.74, 6) is 0.522. The highest BCUT2D eigenvalue weighted by molar-refractivity contribution is 5.95. The summed E-state index contributed by atoms with van der Waals surface area (Å²) in [7, 11) is 0. The average Bonchev–Trinajstić information content (AvgIpc) is 2.72. The molecule has 0 spiro atoms. The number of carbonyl (C=O) groups is 2. The largest absolute Gasteiger partial charge is 0.444 e. The van der Waals surface area contributed by atoms with E-state index in [9.17, 15) is 9.59 Å². The second kappa shape index (κ2) is 7.32. The summed E-state index contributed by atoms with van der Waals surface area (Å²) in [6.07, 6.45) is 3.40. The number of ether oxygens (including phenoxy) is 1. The Morgan fingerprint density at radius 2 is 2.11 bits per heavy atom. The summed E-state index contributed by atoms with van der Waals surface area (Å²) in [6.45, 7) is 8.95. The third kappa shape index (κ3) is 4.31. The monoisotopic (exact) mass is 375 g/mol. The van der Waals surface area contributed by atoms with Gasteiger partial charge in [0.05, 0.1) is 5.69 Å². The fraction of sp³-hybridized carbons (Fsp3) is 0.684. The molecule has 3 N–H and O–H groups in total. The molecule has 3 heterocycles. The van der Waals surface area contributed by atoms with Crippen LogP contribution in [0.3, 0.4) is 0 Å². The molecule has 0 bridgehead atoms. The molecule has 1 aromatic heterocycles. The van der Waals surface area contributed by atoms with Crippen molar-refractivity contribution in [1.82, 2.24) is 14.9 Å². The van der Waals surface area contributed by atoms with Crippen molar-refractivity contribution >= 4 is 23.5 Å². The molecule has 1 aromatic rings. The number of nitrogen functional groups attached to an aromatic ring is 1. The fourth-order valence-corrected chi connectivity index (χ4v) is 4.10. The summed E-state index contributed by atoms with van der Waals surface area (Å²) < 4.78 is 5.53. The summed E-state index contributed by atoms with van der Waals surface area (Å²) in [5, 5.41) is 2.86. The molecule has 2 aliphatic heterocycles. The van der Waals surface area contributed by atoms with Gasteiger partial charge in [-0.3, -0.25) is 4.79 Å². The topological polar surface area (TPSA) is 110 Å². The van der Waals surface area contributed by atoms with Crippen molar-refractivity contribution < 1.29 is 14.3 Å². The van der Waals surface area contributed by atoms with E-state index in [4.69, 9.17) is 10.5 Å². The lowest BCUT2D eigenvalue weighted by molar-refractivity contribution is -0.117. The molecule has 3 rings (SSSR count). The molecule has 2 aliphatic rings. The smallest absolute Gasteiger partial charge is 0.410 e. The van der Waals surface area contributed by atoms with E-state index in [-0.39, 0.29) is 29.8 Å². The number of carbonyl (C=O) groups excluding carboxylic acids is 2. The minimum atomic E-state index is -0.521. The Morgan fingerprint density at radius 1 is 1.37 bits per heavy atom. The zero-order valence-corrected chi connectivity index (χ0v) is 16.5. The van der Waals surface area contributed by atoms with Crippen LogP contribution < -0.4 is 11.1 Å². The predicted octanol–water partition coefficient (Wildman–Crippen LogP) is 2.77. The number of piperidine rings is 1. The van der Waals surface area contributed by atoms with Crippen LogP contribution in [0.4, 0.5) is 16.3 Å². The number of fused-ring (bicyclic) bond motifs is 1. The van der Waals surface area contributed by atoms with Gasteiger partial charge in [0.2, 0.25) is 5.91 Å². The number of rotatable bonds is 1. The Hall–Kier alpha value is -2.38. The molecule has 0 aliphatic carbocycles. The van der Waals surface area contributed by atoms with Gasteiger partial charge in [-0.1, -0.05) is 6.92 Å². The van der Waals surface area contributed by atoms with Crippen LogP contribution >= 0.6 is 0 Å².